The fourth-order valence-corrected chi connectivity index (χ4v) is 5.19. The maximum absolute atomic E-state index is 12.8. The largest absolute Gasteiger partial charge is 0.243 e. The van der Waals surface area contributed by atoms with Crippen LogP contribution in [0.15, 0.2) is 41.3 Å². The van der Waals surface area contributed by atoms with E-state index in [4.69, 9.17) is 0 Å². The molecule has 0 N–H and O–H groups in total. The van der Waals surface area contributed by atoms with Gasteiger partial charge in [0.15, 0.2) is 0 Å². The molecule has 0 bridgehead atoms. The van der Waals surface area contributed by atoms with Gasteiger partial charge in [-0.3, -0.25) is 0 Å². The molecule has 1 heterocycles. The molecule has 0 aromatic heterocycles. The molecule has 3 atom stereocenters. The number of hydrogen-bond acceptors (Lipinski definition) is 2. The van der Waals surface area contributed by atoms with Crippen molar-refractivity contribution in [2.45, 2.75) is 37.6 Å². The van der Waals surface area contributed by atoms with Crippen LogP contribution in [0.25, 0.3) is 0 Å². The van der Waals surface area contributed by atoms with Crippen LogP contribution < -0.4 is 0 Å². The number of aryl methyl sites for hydroxylation is 1. The van der Waals surface area contributed by atoms with Gasteiger partial charge in [-0.15, -0.1) is 0 Å². The second-order valence-electron chi connectivity index (χ2n) is 6.02. The molecule has 3 rings (SSSR count). The molecule has 4 heteroatoms. The summed E-state index contributed by atoms with van der Waals surface area (Å²) in [5.74, 6) is 0.778. The van der Waals surface area contributed by atoms with Crippen LogP contribution in [0.3, 0.4) is 0 Å². The van der Waals surface area contributed by atoms with Crippen LogP contribution in [0.5, 0.6) is 0 Å². The second kappa shape index (κ2) is 5.01. The van der Waals surface area contributed by atoms with Crippen molar-refractivity contribution in [2.24, 2.45) is 11.8 Å². The number of hydrogen-bond donors (Lipinski definition) is 0. The zero-order valence-electron chi connectivity index (χ0n) is 12.0. The Labute approximate surface area is 121 Å². The van der Waals surface area contributed by atoms with E-state index in [9.17, 15) is 8.42 Å². The van der Waals surface area contributed by atoms with Crippen molar-refractivity contribution >= 4 is 10.0 Å². The van der Waals surface area contributed by atoms with Gasteiger partial charge in [0.1, 0.15) is 0 Å². The van der Waals surface area contributed by atoms with Gasteiger partial charge in [-0.25, -0.2) is 8.42 Å². The summed E-state index contributed by atoms with van der Waals surface area (Å²) in [6.07, 6.45) is 6.33. The van der Waals surface area contributed by atoms with Gasteiger partial charge in [0.05, 0.1) is 4.90 Å². The summed E-state index contributed by atoms with van der Waals surface area (Å²) in [5, 5.41) is 0. The Kier molecular flexibility index (Phi) is 3.46. The van der Waals surface area contributed by atoms with Gasteiger partial charge in [0.25, 0.3) is 0 Å². The van der Waals surface area contributed by atoms with Crippen molar-refractivity contribution in [3.05, 3.63) is 42.0 Å². The molecule has 2 aliphatic rings. The molecule has 0 saturated carbocycles. The monoisotopic (exact) mass is 291 g/mol. The summed E-state index contributed by atoms with van der Waals surface area (Å²) < 4.78 is 27.4. The lowest BCUT2D eigenvalue weighted by Crippen LogP contribution is -2.38. The first-order chi connectivity index (χ1) is 9.50. The lowest BCUT2D eigenvalue weighted by molar-refractivity contribution is 0.335. The Balaban J connectivity index is 1.95. The van der Waals surface area contributed by atoms with Crippen molar-refractivity contribution in [1.82, 2.24) is 4.31 Å². The first-order valence-electron chi connectivity index (χ1n) is 7.25. The van der Waals surface area contributed by atoms with E-state index in [1.165, 1.54) is 0 Å². The van der Waals surface area contributed by atoms with E-state index in [-0.39, 0.29) is 6.04 Å². The summed E-state index contributed by atoms with van der Waals surface area (Å²) in [7, 11) is -3.36. The van der Waals surface area contributed by atoms with Gasteiger partial charge in [-0.2, -0.15) is 4.31 Å². The van der Waals surface area contributed by atoms with E-state index < -0.39 is 10.0 Å². The predicted molar refractivity (Wildman–Crippen MR) is 79.9 cm³/mol. The summed E-state index contributed by atoms with van der Waals surface area (Å²) in [4.78, 5) is 0.422. The number of nitrogens with zero attached hydrogens (tertiary/aromatic N) is 1. The van der Waals surface area contributed by atoms with Crippen molar-refractivity contribution in [1.29, 1.82) is 0 Å². The molecule has 1 saturated heterocycles. The molecule has 1 aromatic carbocycles. The Morgan fingerprint density at radius 3 is 2.60 bits per heavy atom. The Hall–Kier alpha value is -1.13. The Bertz CT molecular complexity index is 618. The maximum Gasteiger partial charge on any atom is 0.243 e. The first-order valence-corrected chi connectivity index (χ1v) is 8.69. The molecule has 0 amide bonds. The minimum absolute atomic E-state index is 0.140. The molecule has 1 fully saturated rings. The van der Waals surface area contributed by atoms with E-state index in [1.54, 1.807) is 16.4 Å². The van der Waals surface area contributed by atoms with E-state index in [2.05, 4.69) is 19.1 Å². The SMILES string of the molecule is Cc1ccc(S(=O)(=O)N2C[C@H](C)[C@H]3C=CCC[C@H]32)cc1. The van der Waals surface area contributed by atoms with Gasteiger partial charge in [-0.1, -0.05) is 36.8 Å². The van der Waals surface area contributed by atoms with Crippen LogP contribution in [-0.2, 0) is 10.0 Å². The van der Waals surface area contributed by atoms with Crippen LogP contribution >= 0.6 is 0 Å². The van der Waals surface area contributed by atoms with Crippen molar-refractivity contribution < 1.29 is 8.42 Å². The van der Waals surface area contributed by atoms with Gasteiger partial charge in [0, 0.05) is 12.6 Å². The smallest absolute Gasteiger partial charge is 0.207 e. The second-order valence-corrected chi connectivity index (χ2v) is 7.91. The van der Waals surface area contributed by atoms with Crippen LogP contribution in [0, 0.1) is 18.8 Å². The lowest BCUT2D eigenvalue weighted by Gasteiger charge is -2.28. The average Bonchev–Trinajstić information content (AvgIpc) is 2.78. The maximum atomic E-state index is 12.8. The molecule has 1 aliphatic heterocycles. The average molecular weight is 291 g/mol. The number of benzene rings is 1. The van der Waals surface area contributed by atoms with Crippen LogP contribution in [0.4, 0.5) is 0 Å². The quantitative estimate of drug-likeness (QED) is 0.786. The van der Waals surface area contributed by atoms with Crippen molar-refractivity contribution in [3.63, 3.8) is 0 Å². The lowest BCUT2D eigenvalue weighted by atomic mass is 9.86. The molecule has 1 aromatic rings. The van der Waals surface area contributed by atoms with Crippen LogP contribution in [-0.4, -0.2) is 25.3 Å². The van der Waals surface area contributed by atoms with E-state index in [1.807, 2.05) is 19.1 Å². The highest BCUT2D eigenvalue weighted by molar-refractivity contribution is 7.89. The van der Waals surface area contributed by atoms with Gasteiger partial charge < -0.3 is 0 Å². The molecular formula is C16H21NO2S. The van der Waals surface area contributed by atoms with E-state index >= 15 is 0 Å². The van der Waals surface area contributed by atoms with E-state index in [0.717, 1.165) is 18.4 Å². The van der Waals surface area contributed by atoms with Crippen molar-refractivity contribution in [3.8, 4) is 0 Å². The Morgan fingerprint density at radius 1 is 1.20 bits per heavy atom. The predicted octanol–water partition coefficient (Wildman–Crippen LogP) is 2.97. The molecule has 3 nitrogen and oxygen atoms in total. The highest BCUT2D eigenvalue weighted by atomic mass is 32.2. The summed E-state index contributed by atoms with van der Waals surface area (Å²) >= 11 is 0. The molecule has 0 unspecified atom stereocenters. The van der Waals surface area contributed by atoms with Crippen LogP contribution in [0.1, 0.15) is 25.3 Å². The topological polar surface area (TPSA) is 37.4 Å². The third-order valence-corrected chi connectivity index (χ3v) is 6.46. The van der Waals surface area contributed by atoms with E-state index in [0.29, 0.717) is 23.3 Å². The summed E-state index contributed by atoms with van der Waals surface area (Å²) in [5.41, 5.74) is 1.08. The fraction of sp³-hybridized carbons (Fsp3) is 0.500. The van der Waals surface area contributed by atoms with Crippen LogP contribution in [0.2, 0.25) is 0 Å². The molecule has 20 heavy (non-hydrogen) atoms. The molecule has 108 valence electrons. The Morgan fingerprint density at radius 2 is 1.90 bits per heavy atom. The number of fused-ring (bicyclic) bond motifs is 1. The number of sulfonamides is 1. The normalized spacial score (nSPS) is 30.4. The molecular weight excluding hydrogens is 270 g/mol. The molecule has 0 spiro atoms. The van der Waals surface area contributed by atoms with Gasteiger partial charge >= 0.3 is 0 Å². The number of allylic oxidation sites excluding steroid dienone is 1. The zero-order valence-corrected chi connectivity index (χ0v) is 12.8. The zero-order chi connectivity index (χ0) is 14.3. The van der Waals surface area contributed by atoms with Crippen molar-refractivity contribution in [2.75, 3.05) is 6.54 Å². The first kappa shape index (κ1) is 13.8. The fourth-order valence-electron chi connectivity index (χ4n) is 3.41. The summed E-state index contributed by atoms with van der Waals surface area (Å²) in [6.45, 7) is 4.75. The molecule has 0 radical (unpaired) electrons. The molecule has 1 aliphatic carbocycles. The third-order valence-electron chi connectivity index (χ3n) is 4.55. The van der Waals surface area contributed by atoms with Gasteiger partial charge in [-0.05, 0) is 43.7 Å². The number of rotatable bonds is 2. The third kappa shape index (κ3) is 2.21. The standard InChI is InChI=1S/C16H21NO2S/c1-12-7-9-14(10-8-12)20(18,19)17-11-13(2)15-5-3-4-6-16(15)17/h3,5,7-10,13,15-16H,4,6,11H2,1-2H3/t13-,15+,16+/m0/s1. The minimum atomic E-state index is -3.36. The van der Waals surface area contributed by atoms with Gasteiger partial charge in [0.2, 0.25) is 10.0 Å². The highest BCUT2D eigenvalue weighted by Crippen LogP contribution is 2.39. The minimum Gasteiger partial charge on any atom is -0.207 e. The summed E-state index contributed by atoms with van der Waals surface area (Å²) in [6, 6.07) is 7.32. The highest BCUT2D eigenvalue weighted by Gasteiger charge is 2.44.